The lowest BCUT2D eigenvalue weighted by molar-refractivity contribution is -0.135. The molecule has 132 valence electrons. The van der Waals surface area contributed by atoms with Gasteiger partial charge in [0, 0.05) is 25.7 Å². The molecule has 5 heteroatoms. The normalized spacial score (nSPS) is 17.2. The van der Waals surface area contributed by atoms with Crippen molar-refractivity contribution in [3.63, 3.8) is 0 Å². The zero-order valence-electron chi connectivity index (χ0n) is 15.0. The number of hydrogen-bond acceptors (Lipinski definition) is 3. The summed E-state index contributed by atoms with van der Waals surface area (Å²) in [6.45, 7) is 4.83. The maximum absolute atomic E-state index is 12.7. The minimum atomic E-state index is -0.306. The van der Waals surface area contributed by atoms with Gasteiger partial charge < -0.3 is 14.2 Å². The van der Waals surface area contributed by atoms with Crippen molar-refractivity contribution in [1.29, 1.82) is 0 Å². The van der Waals surface area contributed by atoms with Crippen molar-refractivity contribution in [2.24, 2.45) is 5.92 Å². The molecule has 1 atom stereocenters. The fourth-order valence-electron chi connectivity index (χ4n) is 3.23. The van der Waals surface area contributed by atoms with Gasteiger partial charge in [0.1, 0.15) is 11.5 Å². The third kappa shape index (κ3) is 3.76. The molecule has 1 aliphatic heterocycles. The fraction of sp³-hybridized carbons (Fsp3) is 0.400. The van der Waals surface area contributed by atoms with Gasteiger partial charge in [-0.25, -0.2) is 0 Å². The van der Waals surface area contributed by atoms with Crippen LogP contribution in [-0.4, -0.2) is 30.3 Å². The van der Waals surface area contributed by atoms with Crippen molar-refractivity contribution >= 4 is 17.5 Å². The topological polar surface area (TPSA) is 53.8 Å². The smallest absolute Gasteiger partial charge is 0.228 e. The molecule has 2 amide bonds. The number of carbonyl (C=O) groups is 2. The lowest BCUT2D eigenvalue weighted by Gasteiger charge is -2.21. The van der Waals surface area contributed by atoms with Gasteiger partial charge in [-0.15, -0.1) is 0 Å². The largest absolute Gasteiger partial charge is 0.464 e. The molecule has 3 rings (SSSR count). The van der Waals surface area contributed by atoms with Crippen LogP contribution in [0, 0.1) is 12.8 Å². The van der Waals surface area contributed by atoms with Crippen LogP contribution in [0.25, 0.3) is 0 Å². The molecule has 5 nitrogen and oxygen atoms in total. The molecule has 2 aromatic rings. The molecule has 1 unspecified atom stereocenters. The third-order valence-corrected chi connectivity index (χ3v) is 4.70. The Kier molecular flexibility index (Phi) is 4.93. The average Bonchev–Trinajstić information content (AvgIpc) is 3.20. The number of anilines is 1. The predicted octanol–water partition coefficient (Wildman–Crippen LogP) is 3.16. The van der Waals surface area contributed by atoms with E-state index in [1.807, 2.05) is 43.3 Å². The summed E-state index contributed by atoms with van der Waals surface area (Å²) in [4.78, 5) is 28.4. The first-order valence-electron chi connectivity index (χ1n) is 8.67. The average molecular weight is 340 g/mol. The highest BCUT2D eigenvalue weighted by molar-refractivity contribution is 6.00. The molecule has 1 fully saturated rings. The second-order valence-corrected chi connectivity index (χ2v) is 6.63. The Morgan fingerprint density at radius 1 is 1.24 bits per heavy atom. The molecule has 1 aliphatic rings. The second-order valence-electron chi connectivity index (χ2n) is 6.63. The second kappa shape index (κ2) is 7.13. The van der Waals surface area contributed by atoms with Gasteiger partial charge in [0.05, 0.1) is 12.5 Å². The third-order valence-electron chi connectivity index (χ3n) is 4.70. The first kappa shape index (κ1) is 17.3. The minimum absolute atomic E-state index is 0.00448. The molecule has 1 saturated heterocycles. The van der Waals surface area contributed by atoms with Gasteiger partial charge in [-0.2, -0.15) is 0 Å². The van der Waals surface area contributed by atoms with Crippen molar-refractivity contribution in [2.75, 3.05) is 18.5 Å². The molecule has 0 bridgehead atoms. The van der Waals surface area contributed by atoms with Crippen LogP contribution in [0.5, 0.6) is 0 Å². The van der Waals surface area contributed by atoms with Crippen molar-refractivity contribution in [2.45, 2.75) is 33.2 Å². The van der Waals surface area contributed by atoms with Crippen molar-refractivity contribution in [3.8, 4) is 0 Å². The van der Waals surface area contributed by atoms with E-state index in [4.69, 9.17) is 4.42 Å². The summed E-state index contributed by atoms with van der Waals surface area (Å²) in [5.74, 6) is 1.26. The van der Waals surface area contributed by atoms with E-state index in [1.165, 1.54) is 5.56 Å². The van der Waals surface area contributed by atoms with Gasteiger partial charge in [-0.1, -0.05) is 19.1 Å². The van der Waals surface area contributed by atoms with Crippen molar-refractivity contribution < 1.29 is 14.0 Å². The summed E-state index contributed by atoms with van der Waals surface area (Å²) in [6.07, 6.45) is 1.22. The van der Waals surface area contributed by atoms with E-state index in [0.717, 1.165) is 23.6 Å². The van der Waals surface area contributed by atoms with Crippen LogP contribution in [0.3, 0.4) is 0 Å². The van der Waals surface area contributed by atoms with Crippen molar-refractivity contribution in [3.05, 3.63) is 53.5 Å². The number of aryl methyl sites for hydroxylation is 2. The van der Waals surface area contributed by atoms with E-state index in [2.05, 4.69) is 6.92 Å². The molecule has 0 aliphatic carbocycles. The summed E-state index contributed by atoms with van der Waals surface area (Å²) in [7, 11) is 1.75. The molecule has 25 heavy (non-hydrogen) atoms. The number of amides is 2. The Balaban J connectivity index is 1.65. The van der Waals surface area contributed by atoms with E-state index in [9.17, 15) is 9.59 Å². The van der Waals surface area contributed by atoms with E-state index in [-0.39, 0.29) is 24.2 Å². The predicted molar refractivity (Wildman–Crippen MR) is 96.2 cm³/mol. The fourth-order valence-corrected chi connectivity index (χ4v) is 3.23. The molecule has 1 aromatic carbocycles. The van der Waals surface area contributed by atoms with Crippen LogP contribution in [0.15, 0.2) is 40.8 Å². The molecule has 2 heterocycles. The lowest BCUT2D eigenvalue weighted by atomic mass is 10.1. The molecular weight excluding hydrogens is 316 g/mol. The number of benzene rings is 1. The van der Waals surface area contributed by atoms with E-state index in [1.54, 1.807) is 16.8 Å². The zero-order chi connectivity index (χ0) is 18.0. The van der Waals surface area contributed by atoms with Crippen molar-refractivity contribution in [1.82, 2.24) is 4.90 Å². The monoisotopic (exact) mass is 340 g/mol. The van der Waals surface area contributed by atoms with E-state index >= 15 is 0 Å². The Bertz CT molecular complexity index is 764. The van der Waals surface area contributed by atoms with Crippen LogP contribution in [0.2, 0.25) is 0 Å². The number of hydrogen-bond donors (Lipinski definition) is 0. The molecule has 0 saturated carbocycles. The Morgan fingerprint density at radius 2 is 1.96 bits per heavy atom. The Labute approximate surface area is 148 Å². The van der Waals surface area contributed by atoms with Gasteiger partial charge in [0.2, 0.25) is 11.8 Å². The minimum Gasteiger partial charge on any atom is -0.464 e. The zero-order valence-corrected chi connectivity index (χ0v) is 15.0. The highest BCUT2D eigenvalue weighted by Crippen LogP contribution is 2.27. The maximum atomic E-state index is 12.7. The first-order chi connectivity index (χ1) is 12.0. The van der Waals surface area contributed by atoms with Gasteiger partial charge in [-0.05, 0) is 43.2 Å². The van der Waals surface area contributed by atoms with Crippen LogP contribution < -0.4 is 4.90 Å². The SMILES string of the molecule is CCc1ccc(N2CC(C(=O)N(C)Cc3ccc(C)o3)CC2=O)cc1. The number of rotatable bonds is 5. The van der Waals surface area contributed by atoms with Crippen LogP contribution in [0.1, 0.15) is 30.4 Å². The summed E-state index contributed by atoms with van der Waals surface area (Å²) in [5, 5.41) is 0. The summed E-state index contributed by atoms with van der Waals surface area (Å²) >= 11 is 0. The lowest BCUT2D eigenvalue weighted by Crippen LogP contribution is -2.34. The first-order valence-corrected chi connectivity index (χ1v) is 8.67. The van der Waals surface area contributed by atoms with E-state index in [0.29, 0.717) is 13.1 Å². The van der Waals surface area contributed by atoms with Gasteiger partial charge in [0.15, 0.2) is 0 Å². The highest BCUT2D eigenvalue weighted by atomic mass is 16.3. The highest BCUT2D eigenvalue weighted by Gasteiger charge is 2.36. The van der Waals surface area contributed by atoms with Gasteiger partial charge in [-0.3, -0.25) is 9.59 Å². The number of carbonyl (C=O) groups excluding carboxylic acids is 2. The van der Waals surface area contributed by atoms with Gasteiger partial charge >= 0.3 is 0 Å². The standard InChI is InChI=1S/C20H24N2O3/c1-4-15-6-8-17(9-7-15)22-12-16(11-19(22)23)20(24)21(3)13-18-10-5-14(2)25-18/h5-10,16H,4,11-13H2,1-3H3. The summed E-state index contributed by atoms with van der Waals surface area (Å²) in [5.41, 5.74) is 2.10. The number of nitrogens with zero attached hydrogens (tertiary/aromatic N) is 2. The molecule has 0 N–H and O–H groups in total. The van der Waals surface area contributed by atoms with Crippen LogP contribution in [0.4, 0.5) is 5.69 Å². The van der Waals surface area contributed by atoms with Gasteiger partial charge in [0.25, 0.3) is 0 Å². The number of furan rings is 1. The molecule has 1 aromatic heterocycles. The van der Waals surface area contributed by atoms with Crippen LogP contribution >= 0.6 is 0 Å². The molecular formula is C20H24N2O3. The molecule has 0 radical (unpaired) electrons. The van der Waals surface area contributed by atoms with E-state index < -0.39 is 0 Å². The maximum Gasteiger partial charge on any atom is 0.228 e. The quantitative estimate of drug-likeness (QED) is 0.840. The molecule has 0 spiro atoms. The Hall–Kier alpha value is -2.56. The Morgan fingerprint density at radius 3 is 2.56 bits per heavy atom. The summed E-state index contributed by atoms with van der Waals surface area (Å²) < 4.78 is 5.53. The van der Waals surface area contributed by atoms with Crippen LogP contribution in [-0.2, 0) is 22.6 Å². The summed E-state index contributed by atoms with van der Waals surface area (Å²) in [6, 6.07) is 11.7.